The molecule has 0 fully saturated rings. The van der Waals surface area contributed by atoms with E-state index < -0.39 is 5.91 Å². The summed E-state index contributed by atoms with van der Waals surface area (Å²) >= 11 is 0. The summed E-state index contributed by atoms with van der Waals surface area (Å²) in [4.78, 5) is 15.1. The maximum Gasteiger partial charge on any atom is 0.250 e. The van der Waals surface area contributed by atoms with Gasteiger partial charge in [0, 0.05) is 18.1 Å². The van der Waals surface area contributed by atoms with Gasteiger partial charge in [-0.25, -0.2) is 0 Å². The fourth-order valence-corrected chi connectivity index (χ4v) is 1.40. The lowest BCUT2D eigenvalue weighted by molar-refractivity contribution is 0.100. The zero-order valence-electron chi connectivity index (χ0n) is 8.55. The highest BCUT2D eigenvalue weighted by molar-refractivity contribution is 5.99. The van der Waals surface area contributed by atoms with Crippen molar-refractivity contribution in [3.63, 3.8) is 0 Å². The zero-order valence-corrected chi connectivity index (χ0v) is 8.55. The van der Waals surface area contributed by atoms with Gasteiger partial charge in [0.1, 0.15) is 0 Å². The third kappa shape index (κ3) is 2.17. The molecule has 0 saturated heterocycles. The van der Waals surface area contributed by atoms with Crippen molar-refractivity contribution in [2.45, 2.75) is 0 Å². The van der Waals surface area contributed by atoms with Crippen molar-refractivity contribution in [1.82, 2.24) is 4.98 Å². The van der Waals surface area contributed by atoms with Crippen molar-refractivity contribution in [2.24, 2.45) is 5.73 Å². The number of pyridine rings is 1. The highest BCUT2D eigenvalue weighted by Crippen LogP contribution is 2.19. The summed E-state index contributed by atoms with van der Waals surface area (Å²) in [6.45, 7) is 0. The summed E-state index contributed by atoms with van der Waals surface area (Å²) in [6, 6.07) is 10.7. The quantitative estimate of drug-likeness (QED) is 0.818. The standard InChI is InChI=1S/C12H11N3O/c13-12(16)10-3-1-2-4-11(10)15-9-5-7-14-8-6-9/h1-8H,(H2,13,16)(H,14,15). The molecule has 2 rings (SSSR count). The molecule has 1 aromatic carbocycles. The average Bonchev–Trinajstić information content (AvgIpc) is 2.31. The Morgan fingerprint density at radius 3 is 2.50 bits per heavy atom. The largest absolute Gasteiger partial charge is 0.366 e. The number of para-hydroxylation sites is 1. The molecule has 1 aromatic heterocycles. The Morgan fingerprint density at radius 2 is 1.81 bits per heavy atom. The zero-order chi connectivity index (χ0) is 11.4. The Balaban J connectivity index is 2.31. The molecule has 0 saturated carbocycles. The summed E-state index contributed by atoms with van der Waals surface area (Å²) < 4.78 is 0. The SMILES string of the molecule is NC(=O)c1ccccc1Nc1ccncc1. The highest BCUT2D eigenvalue weighted by Gasteiger charge is 2.06. The number of carbonyl (C=O) groups is 1. The van der Waals surface area contributed by atoms with Crippen LogP contribution in [0.3, 0.4) is 0 Å². The van der Waals surface area contributed by atoms with Gasteiger partial charge in [-0.15, -0.1) is 0 Å². The summed E-state index contributed by atoms with van der Waals surface area (Å²) in [5.41, 5.74) is 7.31. The van der Waals surface area contributed by atoms with E-state index in [1.165, 1.54) is 0 Å². The molecule has 1 heterocycles. The first-order valence-electron chi connectivity index (χ1n) is 4.83. The third-order valence-corrected chi connectivity index (χ3v) is 2.15. The molecule has 0 aliphatic heterocycles. The number of amides is 1. The van der Waals surface area contributed by atoms with Crippen molar-refractivity contribution in [3.8, 4) is 0 Å². The van der Waals surface area contributed by atoms with Crippen LogP contribution in [0.1, 0.15) is 10.4 Å². The van der Waals surface area contributed by atoms with Crippen LogP contribution in [0, 0.1) is 0 Å². The number of primary amides is 1. The maximum atomic E-state index is 11.2. The molecule has 3 N–H and O–H groups in total. The highest BCUT2D eigenvalue weighted by atomic mass is 16.1. The van der Waals surface area contributed by atoms with Gasteiger partial charge in [0.2, 0.25) is 0 Å². The van der Waals surface area contributed by atoms with Crippen LogP contribution < -0.4 is 11.1 Å². The van der Waals surface area contributed by atoms with E-state index in [0.717, 1.165) is 5.69 Å². The fourth-order valence-electron chi connectivity index (χ4n) is 1.40. The first kappa shape index (κ1) is 10.2. The molecule has 2 aromatic rings. The van der Waals surface area contributed by atoms with E-state index in [2.05, 4.69) is 10.3 Å². The third-order valence-electron chi connectivity index (χ3n) is 2.15. The molecule has 4 nitrogen and oxygen atoms in total. The number of nitrogens with one attached hydrogen (secondary N) is 1. The summed E-state index contributed by atoms with van der Waals surface area (Å²) in [6.07, 6.45) is 3.35. The smallest absolute Gasteiger partial charge is 0.250 e. The number of hydrogen-bond donors (Lipinski definition) is 2. The van der Waals surface area contributed by atoms with E-state index in [9.17, 15) is 4.79 Å². The van der Waals surface area contributed by atoms with Crippen molar-refractivity contribution >= 4 is 17.3 Å². The second kappa shape index (κ2) is 4.44. The molecule has 4 heteroatoms. The van der Waals surface area contributed by atoms with E-state index in [1.807, 2.05) is 18.2 Å². The first-order valence-corrected chi connectivity index (χ1v) is 4.83. The summed E-state index contributed by atoms with van der Waals surface area (Å²) in [5, 5.41) is 3.11. The van der Waals surface area contributed by atoms with Crippen molar-refractivity contribution in [1.29, 1.82) is 0 Å². The molecule has 0 bridgehead atoms. The second-order valence-electron chi connectivity index (χ2n) is 3.27. The molecule has 1 amide bonds. The van der Waals surface area contributed by atoms with Crippen LogP contribution in [0.15, 0.2) is 48.8 Å². The molecule has 0 aliphatic rings. The van der Waals surface area contributed by atoms with E-state index >= 15 is 0 Å². The van der Waals surface area contributed by atoms with E-state index in [-0.39, 0.29) is 0 Å². The minimum atomic E-state index is -0.447. The van der Waals surface area contributed by atoms with Gasteiger partial charge in [0.25, 0.3) is 5.91 Å². The second-order valence-corrected chi connectivity index (χ2v) is 3.27. The first-order chi connectivity index (χ1) is 7.77. The molecule has 80 valence electrons. The number of nitrogens with zero attached hydrogens (tertiary/aromatic N) is 1. The molecule has 0 atom stereocenters. The number of aromatic nitrogens is 1. The Morgan fingerprint density at radius 1 is 1.12 bits per heavy atom. The van der Waals surface area contributed by atoms with Crippen LogP contribution in [0.25, 0.3) is 0 Å². The van der Waals surface area contributed by atoms with Crippen molar-refractivity contribution in [3.05, 3.63) is 54.4 Å². The summed E-state index contributed by atoms with van der Waals surface area (Å²) in [7, 11) is 0. The van der Waals surface area contributed by atoms with Gasteiger partial charge in [-0.1, -0.05) is 12.1 Å². The van der Waals surface area contributed by atoms with Crippen LogP contribution in [0.4, 0.5) is 11.4 Å². The number of nitrogens with two attached hydrogens (primary N) is 1. The predicted molar refractivity (Wildman–Crippen MR) is 62.5 cm³/mol. The monoisotopic (exact) mass is 213 g/mol. The predicted octanol–water partition coefficient (Wildman–Crippen LogP) is 1.92. The average molecular weight is 213 g/mol. The van der Waals surface area contributed by atoms with Gasteiger partial charge in [0.05, 0.1) is 11.3 Å². The fraction of sp³-hybridized carbons (Fsp3) is 0. The molecular weight excluding hydrogens is 202 g/mol. The maximum absolute atomic E-state index is 11.2. The van der Waals surface area contributed by atoms with Crippen LogP contribution in [-0.4, -0.2) is 10.9 Å². The Bertz CT molecular complexity index is 497. The number of benzene rings is 1. The van der Waals surface area contributed by atoms with Crippen LogP contribution >= 0.6 is 0 Å². The van der Waals surface area contributed by atoms with Gasteiger partial charge in [-0.3, -0.25) is 9.78 Å². The molecule has 0 aliphatic carbocycles. The minimum Gasteiger partial charge on any atom is -0.366 e. The number of carbonyl (C=O) groups excluding carboxylic acids is 1. The van der Waals surface area contributed by atoms with Crippen LogP contribution in [0.2, 0.25) is 0 Å². The lowest BCUT2D eigenvalue weighted by Crippen LogP contribution is -2.13. The number of anilines is 2. The van der Waals surface area contributed by atoms with Crippen molar-refractivity contribution in [2.75, 3.05) is 5.32 Å². The Kier molecular flexibility index (Phi) is 2.82. The van der Waals surface area contributed by atoms with E-state index in [1.54, 1.807) is 30.6 Å². The normalized spacial score (nSPS) is 9.75. The minimum absolute atomic E-state index is 0.447. The van der Waals surface area contributed by atoms with E-state index in [4.69, 9.17) is 5.73 Å². The molecular formula is C12H11N3O. The van der Waals surface area contributed by atoms with Crippen LogP contribution in [0.5, 0.6) is 0 Å². The van der Waals surface area contributed by atoms with Gasteiger partial charge in [-0.2, -0.15) is 0 Å². The number of hydrogen-bond acceptors (Lipinski definition) is 3. The lowest BCUT2D eigenvalue weighted by Gasteiger charge is -2.09. The summed E-state index contributed by atoms with van der Waals surface area (Å²) in [5.74, 6) is -0.447. The lowest BCUT2D eigenvalue weighted by atomic mass is 10.1. The number of rotatable bonds is 3. The van der Waals surface area contributed by atoms with Crippen molar-refractivity contribution < 1.29 is 4.79 Å². The van der Waals surface area contributed by atoms with Gasteiger partial charge >= 0.3 is 0 Å². The molecule has 0 radical (unpaired) electrons. The van der Waals surface area contributed by atoms with Crippen LogP contribution in [-0.2, 0) is 0 Å². The molecule has 0 spiro atoms. The van der Waals surface area contributed by atoms with E-state index in [0.29, 0.717) is 11.3 Å². The Labute approximate surface area is 93.1 Å². The molecule has 0 unspecified atom stereocenters. The van der Waals surface area contributed by atoms with Gasteiger partial charge < -0.3 is 11.1 Å². The topological polar surface area (TPSA) is 68.0 Å². The van der Waals surface area contributed by atoms with Gasteiger partial charge in [0.15, 0.2) is 0 Å². The molecule has 16 heavy (non-hydrogen) atoms. The Hall–Kier alpha value is -2.36. The van der Waals surface area contributed by atoms with Gasteiger partial charge in [-0.05, 0) is 24.3 Å².